The summed E-state index contributed by atoms with van der Waals surface area (Å²) in [5, 5.41) is 5.32. The molecule has 0 saturated carbocycles. The first-order valence-corrected chi connectivity index (χ1v) is 9.94. The highest BCUT2D eigenvalue weighted by Gasteiger charge is 2.27. The molecule has 5 nitrogen and oxygen atoms in total. The summed E-state index contributed by atoms with van der Waals surface area (Å²) in [5.74, 6) is -0.115. The highest BCUT2D eigenvalue weighted by molar-refractivity contribution is 5.98. The molecule has 0 bridgehead atoms. The van der Waals surface area contributed by atoms with Gasteiger partial charge in [-0.3, -0.25) is 9.59 Å². The number of hydrogen-bond acceptors (Lipinski definition) is 3. The van der Waals surface area contributed by atoms with Gasteiger partial charge in [0.1, 0.15) is 0 Å². The van der Waals surface area contributed by atoms with Crippen molar-refractivity contribution in [2.75, 3.05) is 6.54 Å². The number of hydrogen-bond donors (Lipinski definition) is 2. The number of nitrogens with zero attached hydrogens (tertiary/aromatic N) is 1. The number of amides is 2. The zero-order valence-corrected chi connectivity index (χ0v) is 16.5. The standard InChI is InChI=1S/C24H25N3O2/c1-16(25)23(19-11-10-17-6-2-3-7-18(17)14-19)26-22(28)12-13-27-15-20-8-4-5-9-21(20)24(27)29/h2-11,14,16,23H,12-13,15,25H2,1H3,(H,26,28). The number of carbonyl (C=O) groups is 2. The Morgan fingerprint density at radius 2 is 1.79 bits per heavy atom. The maximum atomic E-state index is 12.6. The summed E-state index contributed by atoms with van der Waals surface area (Å²) in [7, 11) is 0. The van der Waals surface area contributed by atoms with Gasteiger partial charge in [0.15, 0.2) is 0 Å². The maximum Gasteiger partial charge on any atom is 0.254 e. The first-order valence-electron chi connectivity index (χ1n) is 9.94. The second-order valence-corrected chi connectivity index (χ2v) is 7.64. The summed E-state index contributed by atoms with van der Waals surface area (Å²) in [6, 6.07) is 21.3. The Balaban J connectivity index is 1.41. The van der Waals surface area contributed by atoms with E-state index in [2.05, 4.69) is 23.5 Å². The molecular formula is C24H25N3O2. The molecular weight excluding hydrogens is 362 g/mol. The molecule has 3 N–H and O–H groups in total. The fourth-order valence-corrected chi connectivity index (χ4v) is 3.90. The largest absolute Gasteiger partial charge is 0.348 e. The molecule has 5 heteroatoms. The van der Waals surface area contributed by atoms with E-state index in [0.717, 1.165) is 27.5 Å². The van der Waals surface area contributed by atoms with Crippen molar-refractivity contribution in [2.45, 2.75) is 32.0 Å². The Kier molecular flexibility index (Phi) is 5.32. The molecule has 2 atom stereocenters. The van der Waals surface area contributed by atoms with Crippen LogP contribution in [0.2, 0.25) is 0 Å². The van der Waals surface area contributed by atoms with E-state index in [1.165, 1.54) is 0 Å². The Bertz CT molecular complexity index is 1060. The second-order valence-electron chi connectivity index (χ2n) is 7.64. The third kappa shape index (κ3) is 4.00. The molecule has 3 aromatic carbocycles. The highest BCUT2D eigenvalue weighted by atomic mass is 16.2. The van der Waals surface area contributed by atoms with E-state index in [1.807, 2.05) is 55.5 Å². The van der Waals surface area contributed by atoms with Crippen molar-refractivity contribution in [1.29, 1.82) is 0 Å². The average molecular weight is 387 g/mol. The summed E-state index contributed by atoms with van der Waals surface area (Å²) in [6.45, 7) is 2.84. The Labute approximate surface area is 170 Å². The molecule has 29 heavy (non-hydrogen) atoms. The zero-order chi connectivity index (χ0) is 20.4. The van der Waals surface area contributed by atoms with Crippen LogP contribution in [0.3, 0.4) is 0 Å². The summed E-state index contributed by atoms with van der Waals surface area (Å²) in [6.07, 6.45) is 0.247. The minimum Gasteiger partial charge on any atom is -0.348 e. The molecule has 0 radical (unpaired) electrons. The SMILES string of the molecule is CC(N)C(NC(=O)CCN1Cc2ccccc2C1=O)c1ccc2ccccc2c1. The van der Waals surface area contributed by atoms with Gasteiger partial charge in [-0.05, 0) is 41.0 Å². The van der Waals surface area contributed by atoms with Crippen LogP contribution in [-0.2, 0) is 11.3 Å². The van der Waals surface area contributed by atoms with Gasteiger partial charge < -0.3 is 16.0 Å². The minimum atomic E-state index is -0.279. The summed E-state index contributed by atoms with van der Waals surface area (Å²) < 4.78 is 0. The van der Waals surface area contributed by atoms with Gasteiger partial charge in [0.2, 0.25) is 5.91 Å². The first-order chi connectivity index (χ1) is 14.0. The lowest BCUT2D eigenvalue weighted by molar-refractivity contribution is -0.122. The number of carbonyl (C=O) groups excluding carboxylic acids is 2. The van der Waals surface area contributed by atoms with Gasteiger partial charge in [0.25, 0.3) is 5.91 Å². The van der Waals surface area contributed by atoms with Gasteiger partial charge >= 0.3 is 0 Å². The Morgan fingerprint density at radius 3 is 2.55 bits per heavy atom. The van der Waals surface area contributed by atoms with Crippen molar-refractivity contribution in [2.24, 2.45) is 5.73 Å². The number of nitrogens with one attached hydrogen (secondary N) is 1. The second kappa shape index (κ2) is 8.05. The predicted octanol–water partition coefficient (Wildman–Crippen LogP) is 3.39. The Morgan fingerprint density at radius 1 is 1.07 bits per heavy atom. The summed E-state index contributed by atoms with van der Waals surface area (Å²) >= 11 is 0. The average Bonchev–Trinajstić information content (AvgIpc) is 3.06. The smallest absolute Gasteiger partial charge is 0.254 e. The van der Waals surface area contributed by atoms with Gasteiger partial charge in [-0.1, -0.05) is 54.6 Å². The van der Waals surface area contributed by atoms with Gasteiger partial charge in [-0.25, -0.2) is 0 Å². The molecule has 0 spiro atoms. The number of rotatable bonds is 6. The molecule has 2 unspecified atom stereocenters. The van der Waals surface area contributed by atoms with E-state index in [-0.39, 0.29) is 30.3 Å². The van der Waals surface area contributed by atoms with Gasteiger partial charge in [-0.2, -0.15) is 0 Å². The molecule has 4 rings (SSSR count). The van der Waals surface area contributed by atoms with Crippen molar-refractivity contribution < 1.29 is 9.59 Å². The maximum absolute atomic E-state index is 12.6. The van der Waals surface area contributed by atoms with Crippen LogP contribution in [0.25, 0.3) is 10.8 Å². The van der Waals surface area contributed by atoms with Crippen LogP contribution in [0, 0.1) is 0 Å². The van der Waals surface area contributed by atoms with E-state index in [0.29, 0.717) is 13.1 Å². The van der Waals surface area contributed by atoms with E-state index < -0.39 is 0 Å². The highest BCUT2D eigenvalue weighted by Crippen LogP contribution is 2.24. The van der Waals surface area contributed by atoms with Crippen molar-refractivity contribution in [1.82, 2.24) is 10.2 Å². The third-order valence-corrected chi connectivity index (χ3v) is 5.48. The lowest BCUT2D eigenvalue weighted by Crippen LogP contribution is -2.40. The van der Waals surface area contributed by atoms with E-state index >= 15 is 0 Å². The molecule has 0 aromatic heterocycles. The van der Waals surface area contributed by atoms with Crippen molar-refractivity contribution in [3.8, 4) is 0 Å². The Hall–Kier alpha value is -3.18. The van der Waals surface area contributed by atoms with E-state index in [1.54, 1.807) is 4.90 Å². The monoisotopic (exact) mass is 387 g/mol. The fourth-order valence-electron chi connectivity index (χ4n) is 3.90. The van der Waals surface area contributed by atoms with Gasteiger partial charge in [-0.15, -0.1) is 0 Å². The first kappa shape index (κ1) is 19.2. The quantitative estimate of drug-likeness (QED) is 0.681. The van der Waals surface area contributed by atoms with Crippen LogP contribution in [0.1, 0.15) is 40.9 Å². The molecule has 1 aliphatic heterocycles. The van der Waals surface area contributed by atoms with E-state index in [9.17, 15) is 9.59 Å². The lowest BCUT2D eigenvalue weighted by Gasteiger charge is -2.24. The molecule has 0 saturated heterocycles. The molecule has 1 aliphatic rings. The fraction of sp³-hybridized carbons (Fsp3) is 0.250. The predicted molar refractivity (Wildman–Crippen MR) is 114 cm³/mol. The molecule has 148 valence electrons. The summed E-state index contributed by atoms with van der Waals surface area (Å²) in [4.78, 5) is 26.8. The normalized spacial score (nSPS) is 15.2. The summed E-state index contributed by atoms with van der Waals surface area (Å²) in [5.41, 5.74) is 8.91. The topological polar surface area (TPSA) is 75.4 Å². The van der Waals surface area contributed by atoms with E-state index in [4.69, 9.17) is 5.73 Å². The minimum absolute atomic E-state index is 0.00771. The van der Waals surface area contributed by atoms with Crippen LogP contribution in [0.15, 0.2) is 66.7 Å². The van der Waals surface area contributed by atoms with Crippen LogP contribution >= 0.6 is 0 Å². The van der Waals surface area contributed by atoms with Crippen molar-refractivity contribution >= 4 is 22.6 Å². The molecule has 0 fully saturated rings. The van der Waals surface area contributed by atoms with Crippen LogP contribution in [0.5, 0.6) is 0 Å². The molecule has 1 heterocycles. The van der Waals surface area contributed by atoms with Crippen LogP contribution < -0.4 is 11.1 Å². The molecule has 2 amide bonds. The van der Waals surface area contributed by atoms with Gasteiger partial charge in [0.05, 0.1) is 6.04 Å². The third-order valence-electron chi connectivity index (χ3n) is 5.48. The zero-order valence-electron chi connectivity index (χ0n) is 16.5. The van der Waals surface area contributed by atoms with Crippen molar-refractivity contribution in [3.05, 3.63) is 83.4 Å². The van der Waals surface area contributed by atoms with Crippen molar-refractivity contribution in [3.63, 3.8) is 0 Å². The lowest BCUT2D eigenvalue weighted by atomic mass is 9.97. The van der Waals surface area contributed by atoms with Crippen LogP contribution in [-0.4, -0.2) is 29.3 Å². The molecule has 3 aromatic rings. The number of nitrogens with two attached hydrogens (primary N) is 1. The number of benzene rings is 3. The van der Waals surface area contributed by atoms with Gasteiger partial charge in [0, 0.05) is 31.1 Å². The number of fused-ring (bicyclic) bond motifs is 2. The molecule has 0 aliphatic carbocycles. The van der Waals surface area contributed by atoms with Crippen LogP contribution in [0.4, 0.5) is 0 Å².